The number of carbonyl (C=O) groups is 2. The molecule has 0 bridgehead atoms. The second kappa shape index (κ2) is 7.68. The van der Waals surface area contributed by atoms with Crippen LogP contribution in [0.1, 0.15) is 33.6 Å². The number of ether oxygens (including phenoxy) is 1. The van der Waals surface area contributed by atoms with Gasteiger partial charge in [-0.3, -0.25) is 9.59 Å². The zero-order chi connectivity index (χ0) is 17.0. The van der Waals surface area contributed by atoms with Gasteiger partial charge < -0.3 is 15.0 Å². The number of likely N-dealkylation sites (tertiary alicyclic amines) is 1. The first-order chi connectivity index (χ1) is 11.0. The molecule has 1 saturated heterocycles. The number of anilines is 1. The number of nitrogens with zero attached hydrogens (tertiary/aromatic N) is 1. The Bertz CT molecular complexity index is 589. The third-order valence-corrected chi connectivity index (χ3v) is 4.14. The third-order valence-electron chi connectivity index (χ3n) is 3.85. The van der Waals surface area contributed by atoms with Crippen LogP contribution in [-0.4, -0.2) is 35.9 Å². The fourth-order valence-corrected chi connectivity index (χ4v) is 2.98. The van der Waals surface area contributed by atoms with E-state index in [1.54, 1.807) is 23.1 Å². The van der Waals surface area contributed by atoms with E-state index in [0.29, 0.717) is 36.0 Å². The van der Waals surface area contributed by atoms with Crippen molar-refractivity contribution in [3.63, 3.8) is 0 Å². The van der Waals surface area contributed by atoms with Crippen LogP contribution < -0.4 is 10.1 Å². The standard InChI is InChI=1S/C17H23ClN2O3/c1-4-23-15-12(18)7-5-8-13(15)19-16(21)14-9-6-10-20(14)17(22)11(2)3/h5,7-8,11,14H,4,6,9-10H2,1-3H3,(H,19,21). The van der Waals surface area contributed by atoms with E-state index in [1.807, 2.05) is 20.8 Å². The highest BCUT2D eigenvalue weighted by Crippen LogP contribution is 2.33. The van der Waals surface area contributed by atoms with Crippen LogP contribution in [0, 0.1) is 5.92 Å². The molecule has 0 aromatic heterocycles. The molecule has 1 aromatic carbocycles. The van der Waals surface area contributed by atoms with Gasteiger partial charge in [0, 0.05) is 12.5 Å². The van der Waals surface area contributed by atoms with Crippen molar-refractivity contribution in [1.29, 1.82) is 0 Å². The molecule has 0 radical (unpaired) electrons. The minimum absolute atomic E-state index is 0.0128. The van der Waals surface area contributed by atoms with Crippen LogP contribution in [-0.2, 0) is 9.59 Å². The summed E-state index contributed by atoms with van der Waals surface area (Å²) in [6, 6.07) is 4.79. The van der Waals surface area contributed by atoms with Gasteiger partial charge in [-0.05, 0) is 31.9 Å². The van der Waals surface area contributed by atoms with Gasteiger partial charge in [-0.2, -0.15) is 0 Å². The molecule has 1 atom stereocenters. The molecule has 2 rings (SSSR count). The minimum atomic E-state index is -0.432. The summed E-state index contributed by atoms with van der Waals surface area (Å²) >= 11 is 6.13. The lowest BCUT2D eigenvalue weighted by atomic mass is 10.1. The number of carbonyl (C=O) groups excluding carboxylic acids is 2. The molecule has 6 heteroatoms. The minimum Gasteiger partial charge on any atom is -0.490 e. The monoisotopic (exact) mass is 338 g/mol. The van der Waals surface area contributed by atoms with Crippen molar-refractivity contribution in [2.45, 2.75) is 39.7 Å². The molecule has 1 N–H and O–H groups in total. The Morgan fingerprint density at radius 3 is 2.83 bits per heavy atom. The predicted molar refractivity (Wildman–Crippen MR) is 90.8 cm³/mol. The van der Waals surface area contributed by atoms with E-state index in [9.17, 15) is 9.59 Å². The summed E-state index contributed by atoms with van der Waals surface area (Å²) in [4.78, 5) is 26.5. The maximum Gasteiger partial charge on any atom is 0.247 e. The normalized spacial score (nSPS) is 17.4. The van der Waals surface area contributed by atoms with Gasteiger partial charge in [-0.25, -0.2) is 0 Å². The maximum absolute atomic E-state index is 12.6. The molecule has 1 aliphatic rings. The first kappa shape index (κ1) is 17.6. The van der Waals surface area contributed by atoms with Crippen molar-refractivity contribution in [2.75, 3.05) is 18.5 Å². The lowest BCUT2D eigenvalue weighted by molar-refractivity contribution is -0.139. The van der Waals surface area contributed by atoms with Gasteiger partial charge in [0.15, 0.2) is 5.75 Å². The molecule has 1 heterocycles. The number of benzene rings is 1. The van der Waals surface area contributed by atoms with E-state index in [4.69, 9.17) is 16.3 Å². The Morgan fingerprint density at radius 1 is 1.43 bits per heavy atom. The van der Waals surface area contributed by atoms with Crippen molar-refractivity contribution < 1.29 is 14.3 Å². The van der Waals surface area contributed by atoms with Crippen molar-refractivity contribution >= 4 is 29.1 Å². The highest BCUT2D eigenvalue weighted by Gasteiger charge is 2.35. The van der Waals surface area contributed by atoms with Gasteiger partial charge in [-0.15, -0.1) is 0 Å². The number of hydrogen-bond donors (Lipinski definition) is 1. The fourth-order valence-electron chi connectivity index (χ4n) is 2.75. The third kappa shape index (κ3) is 3.96. The molecule has 0 saturated carbocycles. The average molecular weight is 339 g/mol. The molecule has 5 nitrogen and oxygen atoms in total. The SMILES string of the molecule is CCOc1c(Cl)cccc1NC(=O)C1CCCN1C(=O)C(C)C. The zero-order valence-electron chi connectivity index (χ0n) is 13.8. The first-order valence-corrected chi connectivity index (χ1v) is 8.36. The lowest BCUT2D eigenvalue weighted by Crippen LogP contribution is -2.44. The highest BCUT2D eigenvalue weighted by molar-refractivity contribution is 6.32. The van der Waals surface area contributed by atoms with Crippen molar-refractivity contribution in [1.82, 2.24) is 4.90 Å². The first-order valence-electron chi connectivity index (χ1n) is 7.98. The molecule has 1 fully saturated rings. The van der Waals surface area contributed by atoms with Gasteiger partial charge >= 0.3 is 0 Å². The van der Waals surface area contributed by atoms with Crippen molar-refractivity contribution in [3.05, 3.63) is 23.2 Å². The summed E-state index contributed by atoms with van der Waals surface area (Å²) in [7, 11) is 0. The molecule has 1 aromatic rings. The fraction of sp³-hybridized carbons (Fsp3) is 0.529. The number of hydrogen-bond acceptors (Lipinski definition) is 3. The van der Waals surface area contributed by atoms with Crippen molar-refractivity contribution in [3.8, 4) is 5.75 Å². The number of nitrogens with one attached hydrogen (secondary N) is 1. The van der Waals surface area contributed by atoms with E-state index in [0.717, 1.165) is 6.42 Å². The van der Waals surface area contributed by atoms with Crippen LogP contribution in [0.3, 0.4) is 0 Å². The molecule has 23 heavy (non-hydrogen) atoms. The largest absolute Gasteiger partial charge is 0.490 e. The number of rotatable bonds is 5. The van der Waals surface area contributed by atoms with Gasteiger partial charge in [0.25, 0.3) is 0 Å². The summed E-state index contributed by atoms with van der Waals surface area (Å²) in [5, 5.41) is 3.31. The molecule has 2 amide bonds. The molecular formula is C17H23ClN2O3. The van der Waals surface area contributed by atoms with Gasteiger partial charge in [0.2, 0.25) is 11.8 Å². The average Bonchev–Trinajstić information content (AvgIpc) is 2.99. The van der Waals surface area contributed by atoms with E-state index < -0.39 is 6.04 Å². The molecule has 1 unspecified atom stereocenters. The maximum atomic E-state index is 12.6. The molecule has 1 aliphatic heterocycles. The van der Waals surface area contributed by atoms with E-state index in [-0.39, 0.29) is 17.7 Å². The molecule has 0 aliphatic carbocycles. The van der Waals surface area contributed by atoms with Gasteiger partial charge in [0.05, 0.1) is 17.3 Å². The van der Waals surface area contributed by atoms with Gasteiger partial charge in [0.1, 0.15) is 6.04 Å². The number of para-hydroxylation sites is 1. The molecule has 126 valence electrons. The Hall–Kier alpha value is -1.75. The summed E-state index contributed by atoms with van der Waals surface area (Å²) in [5.74, 6) is 0.164. The number of halogens is 1. The zero-order valence-corrected chi connectivity index (χ0v) is 14.5. The second-order valence-electron chi connectivity index (χ2n) is 5.88. The number of amides is 2. The van der Waals surface area contributed by atoms with Crippen LogP contribution in [0.5, 0.6) is 5.75 Å². The van der Waals surface area contributed by atoms with Crippen LogP contribution in [0.2, 0.25) is 5.02 Å². The van der Waals surface area contributed by atoms with E-state index in [1.165, 1.54) is 0 Å². The Balaban J connectivity index is 2.16. The van der Waals surface area contributed by atoms with Crippen LogP contribution in [0.25, 0.3) is 0 Å². The van der Waals surface area contributed by atoms with E-state index >= 15 is 0 Å². The topological polar surface area (TPSA) is 58.6 Å². The second-order valence-corrected chi connectivity index (χ2v) is 6.29. The van der Waals surface area contributed by atoms with Crippen LogP contribution in [0.15, 0.2) is 18.2 Å². The molecular weight excluding hydrogens is 316 g/mol. The lowest BCUT2D eigenvalue weighted by Gasteiger charge is -2.26. The summed E-state index contributed by atoms with van der Waals surface area (Å²) in [6.45, 7) is 6.63. The summed E-state index contributed by atoms with van der Waals surface area (Å²) < 4.78 is 5.52. The Labute approximate surface area is 141 Å². The predicted octanol–water partition coefficient (Wildman–Crippen LogP) is 3.32. The smallest absolute Gasteiger partial charge is 0.247 e. The van der Waals surface area contributed by atoms with Crippen LogP contribution in [0.4, 0.5) is 5.69 Å². The highest BCUT2D eigenvalue weighted by atomic mass is 35.5. The Morgan fingerprint density at radius 2 is 2.17 bits per heavy atom. The van der Waals surface area contributed by atoms with E-state index in [2.05, 4.69) is 5.32 Å². The Kier molecular flexibility index (Phi) is 5.88. The van der Waals surface area contributed by atoms with Gasteiger partial charge in [-0.1, -0.05) is 31.5 Å². The van der Waals surface area contributed by atoms with Crippen LogP contribution >= 0.6 is 11.6 Å². The van der Waals surface area contributed by atoms with Crippen molar-refractivity contribution in [2.24, 2.45) is 5.92 Å². The summed E-state index contributed by atoms with van der Waals surface area (Å²) in [6.07, 6.45) is 1.51. The molecule has 0 spiro atoms. The summed E-state index contributed by atoms with van der Waals surface area (Å²) in [5.41, 5.74) is 0.535. The quantitative estimate of drug-likeness (QED) is 0.896.